The largest absolute Gasteiger partial charge is 0.288 e. The minimum Gasteiger partial charge on any atom is -0.288 e. The molecular weight excluding hydrogens is 256 g/mol. The number of nitrogens with zero attached hydrogens (tertiary/aromatic N) is 2. The molecule has 1 aromatic heterocycles. The Kier molecular flexibility index (Phi) is 3.16. The van der Waals surface area contributed by atoms with Crippen molar-refractivity contribution in [2.45, 2.75) is 0 Å². The fourth-order valence-corrected chi connectivity index (χ4v) is 2.50. The van der Waals surface area contributed by atoms with Crippen LogP contribution in [0.4, 0.5) is 0 Å². The monoisotopic (exact) mass is 266 g/mol. The fraction of sp³-hybridized carbons (Fsp3) is 0. The molecule has 2 aromatic carbocycles. The maximum absolute atomic E-state index is 12.4. The molecule has 0 saturated carbocycles. The van der Waals surface area contributed by atoms with E-state index in [0.29, 0.717) is 16.1 Å². The van der Waals surface area contributed by atoms with E-state index >= 15 is 0 Å². The molecular formula is C15H10N2OS. The normalized spacial score (nSPS) is 10.3. The first-order chi connectivity index (χ1) is 9.36. The van der Waals surface area contributed by atoms with E-state index in [1.165, 1.54) is 0 Å². The predicted molar refractivity (Wildman–Crippen MR) is 75.2 cm³/mol. The van der Waals surface area contributed by atoms with Gasteiger partial charge in [-0.3, -0.25) is 4.79 Å². The van der Waals surface area contributed by atoms with E-state index in [0.717, 1.165) is 17.1 Å². The number of carbonyl (C=O) groups excluding carboxylic acids is 1. The Morgan fingerprint density at radius 1 is 0.895 bits per heavy atom. The third-order valence-electron chi connectivity index (χ3n) is 2.78. The summed E-state index contributed by atoms with van der Waals surface area (Å²) in [5.41, 5.74) is 2.22. The molecule has 3 rings (SSSR count). The molecule has 1 heterocycles. The summed E-state index contributed by atoms with van der Waals surface area (Å²) in [6.45, 7) is 0. The van der Waals surface area contributed by atoms with Crippen molar-refractivity contribution in [2.75, 3.05) is 0 Å². The first-order valence-corrected chi connectivity index (χ1v) is 6.61. The number of benzene rings is 2. The topological polar surface area (TPSA) is 42.9 Å². The average Bonchev–Trinajstić information content (AvgIpc) is 2.98. The van der Waals surface area contributed by atoms with Crippen molar-refractivity contribution >= 4 is 17.3 Å². The second kappa shape index (κ2) is 5.12. The Hall–Kier alpha value is -2.33. The molecule has 0 saturated heterocycles. The molecule has 0 aliphatic rings. The number of rotatable bonds is 3. The van der Waals surface area contributed by atoms with Crippen LogP contribution in [0.3, 0.4) is 0 Å². The molecule has 0 fully saturated rings. The summed E-state index contributed by atoms with van der Waals surface area (Å²) in [6, 6.07) is 18.8. The Labute approximate surface area is 114 Å². The van der Waals surface area contributed by atoms with Crippen molar-refractivity contribution in [1.82, 2.24) is 9.59 Å². The van der Waals surface area contributed by atoms with Crippen LogP contribution in [0.25, 0.3) is 11.3 Å². The molecule has 0 unspecified atom stereocenters. The van der Waals surface area contributed by atoms with Gasteiger partial charge in [0.25, 0.3) is 0 Å². The summed E-state index contributed by atoms with van der Waals surface area (Å²) in [5.74, 6) is -0.0329. The van der Waals surface area contributed by atoms with Gasteiger partial charge in [0, 0.05) is 11.1 Å². The fourth-order valence-electron chi connectivity index (χ4n) is 1.85. The van der Waals surface area contributed by atoms with E-state index in [1.807, 2.05) is 48.5 Å². The molecule has 3 aromatic rings. The maximum atomic E-state index is 12.4. The molecule has 0 aliphatic carbocycles. The second-order valence-electron chi connectivity index (χ2n) is 4.01. The predicted octanol–water partition coefficient (Wildman–Crippen LogP) is 3.44. The van der Waals surface area contributed by atoms with Crippen LogP contribution in [0, 0.1) is 0 Å². The van der Waals surface area contributed by atoms with E-state index < -0.39 is 0 Å². The highest BCUT2D eigenvalue weighted by Crippen LogP contribution is 2.25. The summed E-state index contributed by atoms with van der Waals surface area (Å²) < 4.78 is 3.92. The van der Waals surface area contributed by atoms with Gasteiger partial charge in [-0.15, -0.1) is 5.10 Å². The van der Waals surface area contributed by atoms with Crippen LogP contribution in [-0.4, -0.2) is 15.4 Å². The number of ketones is 1. The van der Waals surface area contributed by atoms with Gasteiger partial charge < -0.3 is 0 Å². The number of hydrogen-bond donors (Lipinski definition) is 0. The molecule has 0 atom stereocenters. The lowest BCUT2D eigenvalue weighted by molar-refractivity contribution is 0.104. The highest BCUT2D eigenvalue weighted by molar-refractivity contribution is 7.08. The summed E-state index contributed by atoms with van der Waals surface area (Å²) >= 11 is 1.14. The Balaban J connectivity index is 2.04. The zero-order valence-electron chi connectivity index (χ0n) is 9.98. The van der Waals surface area contributed by atoms with Crippen molar-refractivity contribution in [3.05, 3.63) is 71.1 Å². The number of hydrogen-bond acceptors (Lipinski definition) is 4. The van der Waals surface area contributed by atoms with Gasteiger partial charge in [0.1, 0.15) is 10.6 Å². The van der Waals surface area contributed by atoms with Gasteiger partial charge in [-0.05, 0) is 11.5 Å². The highest BCUT2D eigenvalue weighted by atomic mass is 32.1. The van der Waals surface area contributed by atoms with Gasteiger partial charge in [0.2, 0.25) is 5.78 Å². The molecule has 0 bridgehead atoms. The molecule has 0 amide bonds. The number of aromatic nitrogens is 2. The SMILES string of the molecule is O=C(c1ccccc1)c1snnc1-c1ccccc1. The molecule has 0 N–H and O–H groups in total. The Morgan fingerprint density at radius 3 is 2.21 bits per heavy atom. The van der Waals surface area contributed by atoms with Crippen molar-refractivity contribution in [3.8, 4) is 11.3 Å². The molecule has 4 heteroatoms. The van der Waals surface area contributed by atoms with Crippen LogP contribution in [0.2, 0.25) is 0 Å². The van der Waals surface area contributed by atoms with Gasteiger partial charge in [-0.1, -0.05) is 65.2 Å². The van der Waals surface area contributed by atoms with Gasteiger partial charge in [-0.25, -0.2) is 0 Å². The van der Waals surface area contributed by atoms with E-state index in [1.54, 1.807) is 12.1 Å². The zero-order valence-corrected chi connectivity index (χ0v) is 10.8. The van der Waals surface area contributed by atoms with Crippen LogP contribution < -0.4 is 0 Å². The lowest BCUT2D eigenvalue weighted by atomic mass is 10.1. The third kappa shape index (κ3) is 2.30. The Bertz CT molecular complexity index is 692. The van der Waals surface area contributed by atoms with Crippen molar-refractivity contribution in [1.29, 1.82) is 0 Å². The lowest BCUT2D eigenvalue weighted by Gasteiger charge is -2.00. The highest BCUT2D eigenvalue weighted by Gasteiger charge is 2.18. The van der Waals surface area contributed by atoms with Crippen LogP contribution in [0.1, 0.15) is 15.2 Å². The molecule has 0 radical (unpaired) electrons. The first kappa shape index (κ1) is 11.7. The minimum atomic E-state index is -0.0329. The molecule has 0 spiro atoms. The summed E-state index contributed by atoms with van der Waals surface area (Å²) in [5, 5.41) is 4.08. The van der Waals surface area contributed by atoms with Crippen LogP contribution in [-0.2, 0) is 0 Å². The van der Waals surface area contributed by atoms with E-state index in [2.05, 4.69) is 9.59 Å². The molecule has 92 valence electrons. The standard InChI is InChI=1S/C15H10N2OS/c18-14(12-9-5-2-6-10-12)15-13(16-17-19-15)11-7-3-1-4-8-11/h1-10H. The molecule has 3 nitrogen and oxygen atoms in total. The minimum absolute atomic E-state index is 0.0329. The van der Waals surface area contributed by atoms with E-state index in [4.69, 9.17) is 0 Å². The van der Waals surface area contributed by atoms with Crippen molar-refractivity contribution < 1.29 is 4.79 Å². The lowest BCUT2D eigenvalue weighted by Crippen LogP contribution is -2.00. The maximum Gasteiger partial charge on any atom is 0.206 e. The number of carbonyl (C=O) groups is 1. The summed E-state index contributed by atoms with van der Waals surface area (Å²) in [7, 11) is 0. The van der Waals surface area contributed by atoms with Crippen LogP contribution in [0.5, 0.6) is 0 Å². The van der Waals surface area contributed by atoms with Gasteiger partial charge >= 0.3 is 0 Å². The smallest absolute Gasteiger partial charge is 0.206 e. The van der Waals surface area contributed by atoms with Crippen LogP contribution >= 0.6 is 11.5 Å². The van der Waals surface area contributed by atoms with Gasteiger partial charge in [0.05, 0.1) is 0 Å². The van der Waals surface area contributed by atoms with Crippen LogP contribution in [0.15, 0.2) is 60.7 Å². The van der Waals surface area contributed by atoms with Crippen molar-refractivity contribution in [2.24, 2.45) is 0 Å². The summed E-state index contributed by atoms with van der Waals surface area (Å²) in [6.07, 6.45) is 0. The van der Waals surface area contributed by atoms with E-state index in [-0.39, 0.29) is 5.78 Å². The average molecular weight is 266 g/mol. The second-order valence-corrected chi connectivity index (χ2v) is 4.77. The van der Waals surface area contributed by atoms with E-state index in [9.17, 15) is 4.79 Å². The third-order valence-corrected chi connectivity index (χ3v) is 3.50. The quantitative estimate of drug-likeness (QED) is 0.682. The zero-order chi connectivity index (χ0) is 13.1. The van der Waals surface area contributed by atoms with Gasteiger partial charge in [0.15, 0.2) is 0 Å². The summed E-state index contributed by atoms with van der Waals surface area (Å²) in [4.78, 5) is 13.0. The Morgan fingerprint density at radius 2 is 1.53 bits per heavy atom. The molecule has 0 aliphatic heterocycles. The molecule has 19 heavy (non-hydrogen) atoms. The van der Waals surface area contributed by atoms with Crippen molar-refractivity contribution in [3.63, 3.8) is 0 Å². The first-order valence-electron chi connectivity index (χ1n) is 5.84. The van der Waals surface area contributed by atoms with Gasteiger partial charge in [-0.2, -0.15) is 0 Å².